The Bertz CT molecular complexity index is 849. The second-order valence-electron chi connectivity index (χ2n) is 6.43. The third-order valence-electron chi connectivity index (χ3n) is 4.46. The highest BCUT2D eigenvalue weighted by molar-refractivity contribution is 5.96. The number of ether oxygens (including phenoxy) is 1. The van der Waals surface area contributed by atoms with E-state index in [0.717, 1.165) is 16.8 Å². The third kappa shape index (κ3) is 4.73. The zero-order valence-corrected chi connectivity index (χ0v) is 15.2. The highest BCUT2D eigenvalue weighted by Gasteiger charge is 2.23. The zero-order chi connectivity index (χ0) is 19.2. The zero-order valence-electron chi connectivity index (χ0n) is 15.2. The first-order chi connectivity index (χ1) is 13.1. The lowest BCUT2D eigenvalue weighted by molar-refractivity contribution is -0.130. The highest BCUT2D eigenvalue weighted by Crippen LogP contribution is 2.24. The molecule has 0 aromatic heterocycles. The molecule has 1 aliphatic rings. The Hall–Kier alpha value is -3.15. The maximum absolute atomic E-state index is 12.5. The highest BCUT2D eigenvalue weighted by atomic mass is 16.5. The normalized spacial score (nSPS) is 13.9. The molecule has 6 heteroatoms. The monoisotopic (exact) mass is 366 g/mol. The molecule has 0 bridgehead atoms. The number of nitrogens with one attached hydrogen (secondary N) is 2. The van der Waals surface area contributed by atoms with Gasteiger partial charge in [0.05, 0.1) is 5.56 Å². The van der Waals surface area contributed by atoms with Gasteiger partial charge in [-0.05, 0) is 42.2 Å². The minimum absolute atomic E-state index is 0.0287. The van der Waals surface area contributed by atoms with Gasteiger partial charge in [-0.25, -0.2) is 4.79 Å². The Kier molecular flexibility index (Phi) is 5.86. The van der Waals surface area contributed by atoms with E-state index in [2.05, 4.69) is 10.6 Å². The lowest BCUT2D eigenvalue weighted by Gasteiger charge is -2.19. The van der Waals surface area contributed by atoms with Crippen molar-refractivity contribution in [3.63, 3.8) is 0 Å². The molecule has 0 aliphatic carbocycles. The number of fused-ring (bicyclic) bond motifs is 1. The van der Waals surface area contributed by atoms with Crippen LogP contribution in [0, 0.1) is 0 Å². The number of rotatable bonds is 6. The van der Waals surface area contributed by atoms with Crippen LogP contribution in [-0.4, -0.2) is 23.9 Å². The first-order valence-corrected chi connectivity index (χ1v) is 9.02. The van der Waals surface area contributed by atoms with Crippen LogP contribution in [0.25, 0.3) is 0 Å². The molecule has 0 saturated carbocycles. The fraction of sp³-hybridized carbons (Fsp3) is 0.286. The predicted molar refractivity (Wildman–Crippen MR) is 101 cm³/mol. The fourth-order valence-electron chi connectivity index (χ4n) is 2.93. The van der Waals surface area contributed by atoms with Gasteiger partial charge >= 0.3 is 5.97 Å². The molecular formula is C21H22N2O4. The van der Waals surface area contributed by atoms with Gasteiger partial charge in [-0.1, -0.05) is 37.3 Å². The first kappa shape index (κ1) is 18.6. The van der Waals surface area contributed by atoms with Crippen LogP contribution in [0.1, 0.15) is 41.3 Å². The van der Waals surface area contributed by atoms with Crippen molar-refractivity contribution in [3.05, 3.63) is 65.2 Å². The number of aryl methyl sites for hydroxylation is 1. The van der Waals surface area contributed by atoms with E-state index >= 15 is 0 Å². The molecule has 2 N–H and O–H groups in total. The summed E-state index contributed by atoms with van der Waals surface area (Å²) in [4.78, 5) is 36.2. The summed E-state index contributed by atoms with van der Waals surface area (Å²) >= 11 is 0. The van der Waals surface area contributed by atoms with Crippen LogP contribution in [0.4, 0.5) is 5.69 Å². The van der Waals surface area contributed by atoms with Crippen LogP contribution >= 0.6 is 0 Å². The van der Waals surface area contributed by atoms with Crippen molar-refractivity contribution in [2.24, 2.45) is 0 Å². The van der Waals surface area contributed by atoms with E-state index in [1.165, 1.54) is 0 Å². The summed E-state index contributed by atoms with van der Waals surface area (Å²) in [5.41, 5.74) is 2.96. The molecule has 0 radical (unpaired) electrons. The summed E-state index contributed by atoms with van der Waals surface area (Å²) < 4.78 is 5.41. The molecule has 2 aromatic carbocycles. The second-order valence-corrected chi connectivity index (χ2v) is 6.43. The molecule has 0 saturated heterocycles. The van der Waals surface area contributed by atoms with Gasteiger partial charge in [0.15, 0.2) is 6.10 Å². The van der Waals surface area contributed by atoms with Gasteiger partial charge < -0.3 is 15.4 Å². The second kappa shape index (κ2) is 8.49. The lowest BCUT2D eigenvalue weighted by atomic mass is 10.0. The minimum atomic E-state index is -0.850. The molecule has 0 fully saturated rings. The first-order valence-electron chi connectivity index (χ1n) is 9.02. The van der Waals surface area contributed by atoms with Gasteiger partial charge in [0.1, 0.15) is 0 Å². The number of benzene rings is 2. The van der Waals surface area contributed by atoms with Gasteiger partial charge in [0, 0.05) is 18.7 Å². The Morgan fingerprint density at radius 1 is 1.15 bits per heavy atom. The van der Waals surface area contributed by atoms with Crippen molar-refractivity contribution in [3.8, 4) is 0 Å². The van der Waals surface area contributed by atoms with E-state index in [0.29, 0.717) is 31.4 Å². The average Bonchev–Trinajstić information content (AvgIpc) is 2.70. The fourth-order valence-corrected chi connectivity index (χ4v) is 2.93. The maximum Gasteiger partial charge on any atom is 0.338 e. The average molecular weight is 366 g/mol. The minimum Gasteiger partial charge on any atom is -0.449 e. The molecule has 140 valence electrons. The molecule has 1 unspecified atom stereocenters. The Labute approximate surface area is 157 Å². The van der Waals surface area contributed by atoms with E-state index in [4.69, 9.17) is 4.74 Å². The van der Waals surface area contributed by atoms with Crippen LogP contribution < -0.4 is 10.6 Å². The number of hydrogen-bond donors (Lipinski definition) is 2. The Morgan fingerprint density at radius 3 is 2.67 bits per heavy atom. The summed E-state index contributed by atoms with van der Waals surface area (Å²) in [6.07, 6.45) is 0.506. The van der Waals surface area contributed by atoms with Gasteiger partial charge in [-0.3, -0.25) is 9.59 Å². The number of hydrogen-bond acceptors (Lipinski definition) is 4. The molecule has 2 amide bonds. The van der Waals surface area contributed by atoms with Crippen molar-refractivity contribution >= 4 is 23.5 Å². The van der Waals surface area contributed by atoms with Gasteiger partial charge in [0.2, 0.25) is 5.91 Å². The Balaban J connectivity index is 1.61. The molecule has 6 nitrogen and oxygen atoms in total. The summed E-state index contributed by atoms with van der Waals surface area (Å²) in [6.45, 7) is 2.18. The van der Waals surface area contributed by atoms with Gasteiger partial charge in [-0.2, -0.15) is 0 Å². The molecular weight excluding hydrogens is 344 g/mol. The van der Waals surface area contributed by atoms with Crippen molar-refractivity contribution in [2.75, 3.05) is 5.32 Å². The topological polar surface area (TPSA) is 84.5 Å². The molecule has 1 aliphatic heterocycles. The van der Waals surface area contributed by atoms with Crippen LogP contribution in [0.3, 0.4) is 0 Å². The molecule has 0 spiro atoms. The van der Waals surface area contributed by atoms with Gasteiger partial charge in [0.25, 0.3) is 5.91 Å². The quantitative estimate of drug-likeness (QED) is 0.770. The number of anilines is 1. The molecule has 3 rings (SSSR count). The van der Waals surface area contributed by atoms with Crippen molar-refractivity contribution in [1.29, 1.82) is 0 Å². The van der Waals surface area contributed by atoms with Crippen LogP contribution in [-0.2, 0) is 27.3 Å². The number of carbonyl (C=O) groups excluding carboxylic acids is 3. The van der Waals surface area contributed by atoms with Crippen molar-refractivity contribution in [2.45, 2.75) is 38.8 Å². The number of esters is 1. The summed E-state index contributed by atoms with van der Waals surface area (Å²) in [5, 5.41) is 5.57. The number of amides is 2. The smallest absolute Gasteiger partial charge is 0.338 e. The largest absolute Gasteiger partial charge is 0.449 e. The maximum atomic E-state index is 12.5. The van der Waals surface area contributed by atoms with Crippen LogP contribution in [0.5, 0.6) is 0 Å². The predicted octanol–water partition coefficient (Wildman–Crippen LogP) is 2.82. The SMILES string of the molecule is CCC(OC(=O)c1ccc2c(c1)CCC(=O)N2)C(=O)NCc1ccccc1. The van der Waals surface area contributed by atoms with Crippen molar-refractivity contribution < 1.29 is 19.1 Å². The molecule has 27 heavy (non-hydrogen) atoms. The van der Waals surface area contributed by atoms with Gasteiger partial charge in [-0.15, -0.1) is 0 Å². The van der Waals surface area contributed by atoms with E-state index in [1.807, 2.05) is 30.3 Å². The lowest BCUT2D eigenvalue weighted by Crippen LogP contribution is -2.37. The van der Waals surface area contributed by atoms with E-state index < -0.39 is 12.1 Å². The molecule has 2 aromatic rings. The molecule has 1 atom stereocenters. The summed E-state index contributed by atoms with van der Waals surface area (Å²) in [5.74, 6) is -0.893. The van der Waals surface area contributed by atoms with Crippen LogP contribution in [0.2, 0.25) is 0 Å². The van der Waals surface area contributed by atoms with E-state index in [-0.39, 0.29) is 11.8 Å². The van der Waals surface area contributed by atoms with Crippen molar-refractivity contribution in [1.82, 2.24) is 5.32 Å². The van der Waals surface area contributed by atoms with Crippen LogP contribution in [0.15, 0.2) is 48.5 Å². The van der Waals surface area contributed by atoms with E-state index in [1.54, 1.807) is 25.1 Å². The summed E-state index contributed by atoms with van der Waals surface area (Å²) in [6, 6.07) is 14.5. The number of carbonyl (C=O) groups is 3. The Morgan fingerprint density at radius 2 is 1.93 bits per heavy atom. The third-order valence-corrected chi connectivity index (χ3v) is 4.46. The van der Waals surface area contributed by atoms with E-state index in [9.17, 15) is 14.4 Å². The molecule has 1 heterocycles. The summed E-state index contributed by atoms with van der Waals surface area (Å²) in [7, 11) is 0. The standard InChI is InChI=1S/C21H22N2O4/c1-2-18(20(25)22-13-14-6-4-3-5-7-14)27-21(26)16-8-10-17-15(12-16)9-11-19(24)23-17/h3-8,10,12,18H,2,9,11,13H2,1H3,(H,22,25)(H,23,24).